The Kier molecular flexibility index (Phi) is 4.46. The van der Waals surface area contributed by atoms with E-state index in [9.17, 15) is 0 Å². The van der Waals surface area contributed by atoms with E-state index < -0.39 is 0 Å². The summed E-state index contributed by atoms with van der Waals surface area (Å²) in [6, 6.07) is 6.70. The van der Waals surface area contributed by atoms with Gasteiger partial charge in [-0.3, -0.25) is 0 Å². The molecule has 0 radical (unpaired) electrons. The lowest BCUT2D eigenvalue weighted by Gasteiger charge is -2.25. The SMILES string of the molecule is Brc1ccc(Nc2nccn2C2CCCCC2)c(Br)c1. The third kappa shape index (κ3) is 3.09. The molecule has 3 rings (SSSR count). The molecule has 0 atom stereocenters. The highest BCUT2D eigenvalue weighted by atomic mass is 79.9. The molecule has 2 aromatic rings. The summed E-state index contributed by atoms with van der Waals surface area (Å²) < 4.78 is 4.38. The van der Waals surface area contributed by atoms with E-state index in [0.717, 1.165) is 20.6 Å². The number of halogens is 2. The summed E-state index contributed by atoms with van der Waals surface area (Å²) in [4.78, 5) is 4.47. The number of hydrogen-bond donors (Lipinski definition) is 1. The summed E-state index contributed by atoms with van der Waals surface area (Å²) in [5, 5.41) is 3.43. The molecule has 1 aromatic heterocycles. The van der Waals surface area contributed by atoms with Crippen LogP contribution in [0.1, 0.15) is 38.1 Å². The molecule has 1 aromatic carbocycles. The zero-order chi connectivity index (χ0) is 13.9. The summed E-state index contributed by atoms with van der Waals surface area (Å²) in [7, 11) is 0. The summed E-state index contributed by atoms with van der Waals surface area (Å²) >= 11 is 7.06. The number of benzene rings is 1. The van der Waals surface area contributed by atoms with Gasteiger partial charge < -0.3 is 9.88 Å². The first-order chi connectivity index (χ1) is 9.74. The molecule has 0 amide bonds. The lowest BCUT2D eigenvalue weighted by molar-refractivity contribution is 0.356. The second kappa shape index (κ2) is 6.31. The Morgan fingerprint density at radius 1 is 1.15 bits per heavy atom. The van der Waals surface area contributed by atoms with Crippen molar-refractivity contribution in [1.29, 1.82) is 0 Å². The van der Waals surface area contributed by atoms with E-state index in [-0.39, 0.29) is 0 Å². The fourth-order valence-electron chi connectivity index (χ4n) is 2.78. The maximum absolute atomic E-state index is 4.47. The highest BCUT2D eigenvalue weighted by Crippen LogP contribution is 2.33. The van der Waals surface area contributed by atoms with Gasteiger partial charge >= 0.3 is 0 Å². The zero-order valence-electron chi connectivity index (χ0n) is 11.1. The van der Waals surface area contributed by atoms with Gasteiger partial charge in [0.2, 0.25) is 5.95 Å². The summed E-state index contributed by atoms with van der Waals surface area (Å²) in [5.74, 6) is 0.930. The van der Waals surface area contributed by atoms with E-state index in [0.29, 0.717) is 6.04 Å². The Hall–Kier alpha value is -0.810. The molecule has 0 aliphatic heterocycles. The highest BCUT2D eigenvalue weighted by Gasteiger charge is 2.18. The third-order valence-electron chi connectivity index (χ3n) is 3.81. The van der Waals surface area contributed by atoms with Crippen LogP contribution in [0.15, 0.2) is 39.5 Å². The summed E-state index contributed by atoms with van der Waals surface area (Å²) in [6.45, 7) is 0. The standard InChI is InChI=1S/C15H17Br2N3/c16-11-6-7-14(13(17)10-11)19-15-18-8-9-20(15)12-4-2-1-3-5-12/h6-10,12H,1-5H2,(H,18,19). The second-order valence-electron chi connectivity index (χ2n) is 5.20. The molecule has 1 aliphatic rings. The van der Waals surface area contributed by atoms with Crippen molar-refractivity contribution < 1.29 is 0 Å². The van der Waals surface area contributed by atoms with E-state index >= 15 is 0 Å². The van der Waals surface area contributed by atoms with Gasteiger partial charge in [0.1, 0.15) is 0 Å². The summed E-state index contributed by atoms with van der Waals surface area (Å²) in [5.41, 5.74) is 1.04. The molecule has 0 saturated heterocycles. The topological polar surface area (TPSA) is 29.9 Å². The van der Waals surface area contributed by atoms with Crippen molar-refractivity contribution in [1.82, 2.24) is 9.55 Å². The van der Waals surface area contributed by atoms with Gasteiger partial charge in [-0.2, -0.15) is 0 Å². The van der Waals surface area contributed by atoms with Gasteiger partial charge in [-0.05, 0) is 47.0 Å². The molecule has 20 heavy (non-hydrogen) atoms. The van der Waals surface area contributed by atoms with E-state index in [2.05, 4.69) is 52.9 Å². The van der Waals surface area contributed by atoms with Crippen molar-refractivity contribution in [2.45, 2.75) is 38.1 Å². The van der Waals surface area contributed by atoms with Gasteiger partial charge in [0.15, 0.2) is 0 Å². The number of nitrogens with one attached hydrogen (secondary N) is 1. The van der Waals surface area contributed by atoms with Crippen LogP contribution in [0.3, 0.4) is 0 Å². The normalized spacial score (nSPS) is 16.3. The van der Waals surface area contributed by atoms with Crippen molar-refractivity contribution in [3.8, 4) is 0 Å². The Labute approximate surface area is 136 Å². The second-order valence-corrected chi connectivity index (χ2v) is 6.97. The molecular weight excluding hydrogens is 382 g/mol. The van der Waals surface area contributed by atoms with Crippen molar-refractivity contribution in [2.24, 2.45) is 0 Å². The Balaban J connectivity index is 1.82. The fraction of sp³-hybridized carbons (Fsp3) is 0.400. The molecular formula is C15H17Br2N3. The third-order valence-corrected chi connectivity index (χ3v) is 4.96. The highest BCUT2D eigenvalue weighted by molar-refractivity contribution is 9.11. The van der Waals surface area contributed by atoms with Gasteiger partial charge in [-0.25, -0.2) is 4.98 Å². The van der Waals surface area contributed by atoms with E-state index in [1.54, 1.807) is 0 Å². The van der Waals surface area contributed by atoms with Crippen LogP contribution in [-0.2, 0) is 0 Å². The molecule has 1 fully saturated rings. The van der Waals surface area contributed by atoms with Crippen LogP contribution in [0.5, 0.6) is 0 Å². The average Bonchev–Trinajstić information content (AvgIpc) is 2.91. The smallest absolute Gasteiger partial charge is 0.207 e. The molecule has 1 saturated carbocycles. The Bertz CT molecular complexity index is 589. The van der Waals surface area contributed by atoms with Crippen LogP contribution in [0.25, 0.3) is 0 Å². The van der Waals surface area contributed by atoms with Gasteiger partial charge in [0.25, 0.3) is 0 Å². The molecule has 1 aliphatic carbocycles. The van der Waals surface area contributed by atoms with Crippen LogP contribution in [0.2, 0.25) is 0 Å². The number of nitrogens with zero attached hydrogens (tertiary/aromatic N) is 2. The summed E-state index contributed by atoms with van der Waals surface area (Å²) in [6.07, 6.45) is 10.5. The van der Waals surface area contributed by atoms with Crippen LogP contribution < -0.4 is 5.32 Å². The van der Waals surface area contributed by atoms with Gasteiger partial charge in [-0.1, -0.05) is 35.2 Å². The first-order valence-corrected chi connectivity index (χ1v) is 8.57. The lowest BCUT2D eigenvalue weighted by Crippen LogP contribution is -2.14. The quantitative estimate of drug-likeness (QED) is 0.722. The first-order valence-electron chi connectivity index (χ1n) is 6.99. The molecule has 5 heteroatoms. The van der Waals surface area contributed by atoms with Gasteiger partial charge in [-0.15, -0.1) is 0 Å². The Morgan fingerprint density at radius 2 is 1.95 bits per heavy atom. The molecule has 0 bridgehead atoms. The monoisotopic (exact) mass is 397 g/mol. The largest absolute Gasteiger partial charge is 0.325 e. The van der Waals surface area contributed by atoms with E-state index in [1.807, 2.05) is 24.4 Å². The van der Waals surface area contributed by atoms with E-state index in [1.165, 1.54) is 32.1 Å². The van der Waals surface area contributed by atoms with Crippen molar-refractivity contribution in [3.63, 3.8) is 0 Å². The molecule has 3 nitrogen and oxygen atoms in total. The maximum Gasteiger partial charge on any atom is 0.207 e. The van der Waals surface area contributed by atoms with Gasteiger partial charge in [0.05, 0.1) is 5.69 Å². The molecule has 106 valence electrons. The molecule has 1 N–H and O–H groups in total. The molecule has 0 spiro atoms. The number of hydrogen-bond acceptors (Lipinski definition) is 2. The number of rotatable bonds is 3. The van der Waals surface area contributed by atoms with E-state index in [4.69, 9.17) is 0 Å². The van der Waals surface area contributed by atoms with Gasteiger partial charge in [0, 0.05) is 27.4 Å². The number of imidazole rings is 1. The first kappa shape index (κ1) is 14.1. The van der Waals surface area contributed by atoms with Crippen molar-refractivity contribution in [3.05, 3.63) is 39.5 Å². The van der Waals surface area contributed by atoms with Crippen LogP contribution >= 0.6 is 31.9 Å². The lowest BCUT2D eigenvalue weighted by atomic mass is 9.95. The minimum atomic E-state index is 0.586. The Morgan fingerprint density at radius 3 is 2.70 bits per heavy atom. The molecule has 1 heterocycles. The zero-order valence-corrected chi connectivity index (χ0v) is 14.3. The van der Waals surface area contributed by atoms with Crippen molar-refractivity contribution >= 4 is 43.5 Å². The number of aromatic nitrogens is 2. The minimum absolute atomic E-state index is 0.586. The predicted octanol–water partition coefficient (Wildman–Crippen LogP) is 5.66. The average molecular weight is 399 g/mol. The van der Waals surface area contributed by atoms with Crippen molar-refractivity contribution in [2.75, 3.05) is 5.32 Å². The van der Waals surface area contributed by atoms with Crippen LogP contribution in [0.4, 0.5) is 11.6 Å². The van der Waals surface area contributed by atoms with Crippen LogP contribution in [0, 0.1) is 0 Å². The predicted molar refractivity (Wildman–Crippen MR) is 89.5 cm³/mol. The number of anilines is 2. The fourth-order valence-corrected chi connectivity index (χ4v) is 3.92. The molecule has 0 unspecified atom stereocenters. The minimum Gasteiger partial charge on any atom is -0.325 e. The van der Waals surface area contributed by atoms with Crippen LogP contribution in [-0.4, -0.2) is 9.55 Å². The maximum atomic E-state index is 4.47.